The molecule has 0 aromatic carbocycles. The summed E-state index contributed by atoms with van der Waals surface area (Å²) in [5.74, 6) is 2.90. The Morgan fingerprint density at radius 1 is 1.67 bits per heavy atom. The van der Waals surface area contributed by atoms with Gasteiger partial charge < -0.3 is 17.5 Å². The predicted molar refractivity (Wildman–Crippen MR) is 35.5 cm³/mol. The summed E-state index contributed by atoms with van der Waals surface area (Å²) in [5, 5.41) is 0. The van der Waals surface area contributed by atoms with Gasteiger partial charge in [-0.2, -0.15) is 0 Å². The quantitative estimate of drug-likeness (QED) is 0.438. The van der Waals surface area contributed by atoms with Gasteiger partial charge in [0.25, 0.3) is 0 Å². The van der Waals surface area contributed by atoms with Crippen molar-refractivity contribution in [1.82, 2.24) is 0 Å². The van der Waals surface area contributed by atoms with E-state index in [1.54, 1.807) is 0 Å². The largest absolute Gasteiger partial charge is 0.327 e. The van der Waals surface area contributed by atoms with Gasteiger partial charge in [0.15, 0.2) is 0 Å². The first-order valence-electron chi connectivity index (χ1n) is 2.65. The fraction of sp³-hybridized carbons (Fsp3) is 1.00. The summed E-state index contributed by atoms with van der Waals surface area (Å²) in [6.07, 6.45) is 1.33. The molecule has 0 aromatic rings. The molecular weight excluding hydrogens is 94.1 g/mol. The summed E-state index contributed by atoms with van der Waals surface area (Å²) in [4.78, 5) is 0. The smallest absolute Gasteiger partial charge is 0.0103 e. The maximum Gasteiger partial charge on any atom is 0.0103 e. The Morgan fingerprint density at radius 2 is 2.50 bits per heavy atom. The molecule has 40 valence electrons. The highest BCUT2D eigenvalue weighted by molar-refractivity contribution is 7.99. The van der Waals surface area contributed by atoms with Crippen molar-refractivity contribution in [3.8, 4) is 0 Å². The molecule has 6 heavy (non-hydrogen) atoms. The van der Waals surface area contributed by atoms with E-state index in [0.29, 0.717) is 17.8 Å². The number of rotatable bonds is 0. The Bertz CT molecular complexity index is 40.8. The van der Waals surface area contributed by atoms with Crippen LogP contribution in [-0.2, 0) is 0 Å². The summed E-state index contributed by atoms with van der Waals surface area (Å²) in [6, 6.07) is 0.608. The topological polar surface area (TPSA) is 26.0 Å². The van der Waals surface area contributed by atoms with Gasteiger partial charge in [-0.15, -0.1) is 0 Å². The van der Waals surface area contributed by atoms with Crippen LogP contribution in [0.15, 0.2) is 0 Å². The molecule has 1 fully saturated rings. The number of hydrogen-bond donors (Lipinski definition) is 1. The second-order valence-corrected chi connectivity index (χ2v) is 4.04. The third-order valence-corrected chi connectivity index (χ3v) is 3.46. The molecule has 1 saturated heterocycles. The Balaban J connectivity index is 2.18. The maximum absolute atomic E-state index is 5.57. The van der Waals surface area contributed by atoms with Gasteiger partial charge in [-0.05, 0) is 17.9 Å². The van der Waals surface area contributed by atoms with Gasteiger partial charge in [0.1, 0.15) is 0 Å². The fourth-order valence-electron chi connectivity index (χ4n) is 0.957. The summed E-state index contributed by atoms with van der Waals surface area (Å²) in [7, 11) is 0. The van der Waals surface area contributed by atoms with Crippen LogP contribution < -0.4 is 5.73 Å². The highest BCUT2D eigenvalue weighted by atomic mass is 32.2. The van der Waals surface area contributed by atoms with Crippen LogP contribution >= 0.6 is 11.8 Å². The van der Waals surface area contributed by atoms with Gasteiger partial charge in [-0.1, -0.05) is 0 Å². The van der Waals surface area contributed by atoms with Crippen LogP contribution in [0.4, 0.5) is 0 Å². The van der Waals surface area contributed by atoms with E-state index in [4.69, 9.17) is 5.73 Å². The van der Waals surface area contributed by atoms with Gasteiger partial charge in [-0.25, -0.2) is 0 Å². The van der Waals surface area contributed by atoms with Crippen LogP contribution in [0.5, 0.6) is 0 Å². The van der Waals surface area contributed by atoms with Gasteiger partial charge in [0.05, 0.1) is 0 Å². The molecule has 1 aliphatic rings. The van der Waals surface area contributed by atoms with Crippen molar-refractivity contribution in [3.63, 3.8) is 0 Å². The van der Waals surface area contributed by atoms with E-state index < -0.39 is 0 Å². The highest BCUT2D eigenvalue weighted by Gasteiger charge is 2.04. The van der Waals surface area contributed by atoms with E-state index in [1.165, 1.54) is 17.9 Å². The molecule has 2 heteroatoms. The summed E-state index contributed by atoms with van der Waals surface area (Å²) in [6.45, 7) is 0. The molecule has 1 aliphatic heterocycles. The molecule has 0 aliphatic carbocycles. The Kier molecular flexibility index (Phi) is 1.37. The Morgan fingerprint density at radius 3 is 2.67 bits per heavy atom. The average Bonchev–Trinajstić information content (AvgIpc) is 1.86. The minimum absolute atomic E-state index is 0.371. The molecule has 0 radical (unpaired) electrons. The van der Waals surface area contributed by atoms with Gasteiger partial charge >= 0.3 is 0 Å². The Hall–Kier alpha value is 0.310. The third kappa shape index (κ3) is 0.884. The molecule has 1 nitrogen and oxygen atoms in total. The van der Waals surface area contributed by atoms with Crippen molar-refractivity contribution < 1.29 is 0 Å². The van der Waals surface area contributed by atoms with E-state index in [2.05, 4.69) is 0 Å². The van der Waals surface area contributed by atoms with E-state index in [-0.39, 0.29) is 0 Å². The summed E-state index contributed by atoms with van der Waals surface area (Å²) < 4.78 is 0. The second-order valence-electron chi connectivity index (χ2n) is 2.04. The number of nitrogens with two attached hydrogens (primary N) is 1. The first-order valence-corrected chi connectivity index (χ1v) is 4.65. The van der Waals surface area contributed by atoms with Crippen LogP contribution in [0.3, 0.4) is 0 Å². The van der Waals surface area contributed by atoms with Crippen LogP contribution in [0.2, 0.25) is 0 Å². The molecule has 1 atom stereocenters. The molecular formula is C4H13NS. The van der Waals surface area contributed by atoms with Crippen molar-refractivity contribution in [2.45, 2.75) is 12.5 Å². The molecule has 1 rings (SSSR count). The fourth-order valence-corrected chi connectivity index (χ4v) is 2.87. The molecule has 0 amide bonds. The van der Waals surface area contributed by atoms with Crippen LogP contribution in [0.25, 0.3) is 0 Å². The predicted octanol–water partition coefficient (Wildman–Crippen LogP) is -0.620. The molecule has 0 spiro atoms. The second kappa shape index (κ2) is 1.85. The SMILES string of the molecule is NC1CC[SH4]C1. The van der Waals surface area contributed by atoms with Gasteiger partial charge in [0.2, 0.25) is 0 Å². The summed E-state index contributed by atoms with van der Waals surface area (Å²) in [5.41, 5.74) is 5.57. The minimum Gasteiger partial charge on any atom is -0.327 e. The zero-order valence-electron chi connectivity index (χ0n) is 3.98. The van der Waals surface area contributed by atoms with Crippen molar-refractivity contribution in [1.29, 1.82) is 0 Å². The molecule has 2 N–H and O–H groups in total. The van der Waals surface area contributed by atoms with Gasteiger partial charge in [-0.3, -0.25) is 0 Å². The Labute approximate surface area is 42.3 Å². The first kappa shape index (κ1) is 4.47. The maximum atomic E-state index is 5.57. The third-order valence-electron chi connectivity index (χ3n) is 1.40. The molecule has 0 saturated carbocycles. The standard InChI is InChI=1S/C4H13NS/c5-4-1-2-6-3-4/h4H,1-3,5H2,6H4. The van der Waals surface area contributed by atoms with Crippen molar-refractivity contribution >= 4 is 11.8 Å². The lowest BCUT2D eigenvalue weighted by atomic mass is 10.3. The molecule has 1 unspecified atom stereocenters. The van der Waals surface area contributed by atoms with E-state index in [1.807, 2.05) is 0 Å². The lowest BCUT2D eigenvalue weighted by Gasteiger charge is -1.93. The van der Waals surface area contributed by atoms with Crippen molar-refractivity contribution in [2.24, 2.45) is 5.73 Å². The lowest BCUT2D eigenvalue weighted by Crippen LogP contribution is -2.17. The van der Waals surface area contributed by atoms with Crippen molar-refractivity contribution in [3.05, 3.63) is 0 Å². The molecule has 0 aromatic heterocycles. The van der Waals surface area contributed by atoms with Crippen molar-refractivity contribution in [2.75, 3.05) is 11.5 Å². The van der Waals surface area contributed by atoms with Gasteiger partial charge in [0, 0.05) is 6.04 Å². The van der Waals surface area contributed by atoms with E-state index in [9.17, 15) is 0 Å². The zero-order chi connectivity index (χ0) is 4.41. The van der Waals surface area contributed by atoms with E-state index in [0.717, 1.165) is 0 Å². The van der Waals surface area contributed by atoms with Crippen LogP contribution in [0.1, 0.15) is 6.42 Å². The zero-order valence-corrected chi connectivity index (χ0v) is 5.40. The van der Waals surface area contributed by atoms with Crippen LogP contribution in [-0.4, -0.2) is 17.5 Å². The monoisotopic (exact) mass is 107 g/mol. The normalized spacial score (nSPS) is 35.8. The summed E-state index contributed by atoms with van der Waals surface area (Å²) >= 11 is 0.371. The van der Waals surface area contributed by atoms with Crippen LogP contribution in [0, 0.1) is 0 Å². The number of hydrogen-bond acceptors (Lipinski definition) is 1. The average molecular weight is 107 g/mol. The van der Waals surface area contributed by atoms with E-state index >= 15 is 0 Å². The highest BCUT2D eigenvalue weighted by Crippen LogP contribution is 2.14. The molecule has 0 bridgehead atoms. The first-order chi connectivity index (χ1) is 2.89. The molecule has 1 heterocycles. The lowest BCUT2D eigenvalue weighted by molar-refractivity contribution is 0.759. The minimum atomic E-state index is 0.371.